The minimum absolute atomic E-state index is 0.748. The van der Waals surface area contributed by atoms with Crippen LogP contribution in [-0.2, 0) is 0 Å². The molecule has 0 unspecified atom stereocenters. The first-order chi connectivity index (χ1) is 21.8. The van der Waals surface area contributed by atoms with Crippen molar-refractivity contribution < 1.29 is 0 Å². The smallest absolute Gasteiger partial charge is 0.160 e. The zero-order valence-electron chi connectivity index (χ0n) is 23.7. The highest BCUT2D eigenvalue weighted by Gasteiger charge is 2.17. The Kier molecular flexibility index (Phi) is 5.68. The summed E-state index contributed by atoms with van der Waals surface area (Å²) < 4.78 is 4.68. The van der Waals surface area contributed by atoms with E-state index in [4.69, 9.17) is 9.97 Å². The second-order valence-corrected chi connectivity index (χ2v) is 12.1. The molecule has 0 spiro atoms. The van der Waals surface area contributed by atoms with Crippen LogP contribution in [0.4, 0.5) is 0 Å². The number of rotatable bonds is 4. The summed E-state index contributed by atoms with van der Waals surface area (Å²) in [7, 11) is 0. The summed E-state index contributed by atoms with van der Waals surface area (Å²) in [5, 5.41) is 3.70. The van der Waals surface area contributed by atoms with E-state index in [0.29, 0.717) is 0 Å². The van der Waals surface area contributed by atoms with E-state index < -0.39 is 0 Å². The number of thiophene rings is 1. The molecular weight excluding hydrogens is 555 g/mol. The van der Waals surface area contributed by atoms with Gasteiger partial charge in [-0.1, -0.05) is 115 Å². The van der Waals surface area contributed by atoms with Crippen LogP contribution < -0.4 is 0 Å². The Morgan fingerprint density at radius 3 is 1.73 bits per heavy atom. The number of benzene rings is 6. The van der Waals surface area contributed by atoms with Gasteiger partial charge in [-0.15, -0.1) is 11.3 Å². The zero-order valence-corrected chi connectivity index (χ0v) is 24.5. The molecule has 6 aromatic carbocycles. The van der Waals surface area contributed by atoms with Crippen molar-refractivity contribution in [1.82, 2.24) is 14.5 Å². The van der Waals surface area contributed by atoms with Gasteiger partial charge in [0, 0.05) is 37.7 Å². The minimum Gasteiger partial charge on any atom is -0.309 e. The molecule has 0 fully saturated rings. The molecule has 0 aliphatic heterocycles. The van der Waals surface area contributed by atoms with E-state index in [0.717, 1.165) is 43.9 Å². The Morgan fingerprint density at radius 2 is 1.05 bits per heavy atom. The third-order valence-electron chi connectivity index (χ3n) is 8.43. The molecule has 0 saturated heterocycles. The van der Waals surface area contributed by atoms with Crippen molar-refractivity contribution in [2.45, 2.75) is 0 Å². The topological polar surface area (TPSA) is 30.7 Å². The van der Waals surface area contributed by atoms with Crippen molar-refractivity contribution in [2.24, 2.45) is 0 Å². The van der Waals surface area contributed by atoms with Crippen LogP contribution in [0.2, 0.25) is 0 Å². The molecule has 0 aliphatic carbocycles. The number of nitrogens with zero attached hydrogens (tertiary/aromatic N) is 3. The summed E-state index contributed by atoms with van der Waals surface area (Å²) >= 11 is 1.77. The average molecular weight is 580 g/mol. The first kappa shape index (κ1) is 25.0. The van der Waals surface area contributed by atoms with Gasteiger partial charge in [0.1, 0.15) is 0 Å². The predicted octanol–water partition coefficient (Wildman–Crippen LogP) is 10.9. The third kappa shape index (κ3) is 3.96. The van der Waals surface area contributed by atoms with E-state index in [1.807, 2.05) is 24.3 Å². The van der Waals surface area contributed by atoms with Crippen LogP contribution in [0.25, 0.3) is 81.6 Å². The molecule has 0 aliphatic rings. The SMILES string of the molecule is c1ccc(-c2nc(-c3ccccc3)c3sc4ccc(-c5ccc(-n6c7ccccc7c7ccccc76)cc5)cc4c3n2)cc1. The van der Waals surface area contributed by atoms with Gasteiger partial charge in [0.25, 0.3) is 0 Å². The fourth-order valence-corrected chi connectivity index (χ4v) is 7.47. The maximum Gasteiger partial charge on any atom is 0.160 e. The lowest BCUT2D eigenvalue weighted by Gasteiger charge is -2.09. The van der Waals surface area contributed by atoms with Crippen molar-refractivity contribution in [3.63, 3.8) is 0 Å². The highest BCUT2D eigenvalue weighted by molar-refractivity contribution is 7.26. The van der Waals surface area contributed by atoms with Gasteiger partial charge < -0.3 is 4.57 Å². The summed E-state index contributed by atoms with van der Waals surface area (Å²) in [6.07, 6.45) is 0. The summed E-state index contributed by atoms with van der Waals surface area (Å²) in [6.45, 7) is 0. The Labute approximate surface area is 258 Å². The molecule has 0 radical (unpaired) electrons. The van der Waals surface area contributed by atoms with Gasteiger partial charge in [0.2, 0.25) is 0 Å². The van der Waals surface area contributed by atoms with Crippen LogP contribution in [0, 0.1) is 0 Å². The number of para-hydroxylation sites is 2. The van der Waals surface area contributed by atoms with Gasteiger partial charge in [-0.25, -0.2) is 9.97 Å². The summed E-state index contributed by atoms with van der Waals surface area (Å²) in [6, 6.07) is 53.6. The van der Waals surface area contributed by atoms with Gasteiger partial charge >= 0.3 is 0 Å². The Bertz CT molecular complexity index is 2420. The largest absolute Gasteiger partial charge is 0.309 e. The maximum absolute atomic E-state index is 5.16. The van der Waals surface area contributed by atoms with Gasteiger partial charge in [-0.2, -0.15) is 0 Å². The summed E-state index contributed by atoms with van der Waals surface area (Å²) in [5.74, 6) is 0.748. The van der Waals surface area contributed by atoms with E-state index >= 15 is 0 Å². The minimum atomic E-state index is 0.748. The lowest BCUT2D eigenvalue weighted by Crippen LogP contribution is -1.93. The molecule has 44 heavy (non-hydrogen) atoms. The number of hydrogen-bond acceptors (Lipinski definition) is 3. The van der Waals surface area contributed by atoms with Crippen LogP contribution in [-0.4, -0.2) is 14.5 Å². The second kappa shape index (κ2) is 10.0. The first-order valence-electron chi connectivity index (χ1n) is 14.8. The van der Waals surface area contributed by atoms with Crippen LogP contribution in [0.15, 0.2) is 152 Å². The fraction of sp³-hybridized carbons (Fsp3) is 0. The average Bonchev–Trinajstić information content (AvgIpc) is 3.64. The standard InChI is InChI=1S/C40H25N3S/c1-3-11-27(12-4-1)37-39-38(42-40(41-37)28-13-5-2-6-14-28)33-25-29(21-24-36(33)44-39)26-19-22-30(23-20-26)43-34-17-9-7-15-31(34)32-16-8-10-18-35(32)43/h1-25H. The Balaban J connectivity index is 1.19. The van der Waals surface area contributed by atoms with E-state index in [2.05, 4.69) is 132 Å². The fourth-order valence-electron chi connectivity index (χ4n) is 6.33. The molecule has 3 nitrogen and oxygen atoms in total. The molecule has 0 amide bonds. The van der Waals surface area contributed by atoms with Crippen molar-refractivity contribution in [1.29, 1.82) is 0 Å². The summed E-state index contributed by atoms with van der Waals surface area (Å²) in [4.78, 5) is 10.2. The highest BCUT2D eigenvalue weighted by atomic mass is 32.1. The number of aromatic nitrogens is 3. The third-order valence-corrected chi connectivity index (χ3v) is 9.60. The van der Waals surface area contributed by atoms with E-state index in [1.54, 1.807) is 11.3 Å². The summed E-state index contributed by atoms with van der Waals surface area (Å²) in [5.41, 5.74) is 10.0. The van der Waals surface area contributed by atoms with Gasteiger partial charge in [-0.3, -0.25) is 0 Å². The van der Waals surface area contributed by atoms with Crippen molar-refractivity contribution in [2.75, 3.05) is 0 Å². The second-order valence-electron chi connectivity index (χ2n) is 11.0. The van der Waals surface area contributed by atoms with Gasteiger partial charge in [0.15, 0.2) is 5.82 Å². The van der Waals surface area contributed by atoms with Crippen LogP contribution in [0.3, 0.4) is 0 Å². The molecule has 9 rings (SSSR count). The molecule has 0 bridgehead atoms. The predicted molar refractivity (Wildman–Crippen MR) is 186 cm³/mol. The van der Waals surface area contributed by atoms with Crippen LogP contribution in [0.1, 0.15) is 0 Å². The van der Waals surface area contributed by atoms with Gasteiger partial charge in [-0.05, 0) is 47.5 Å². The molecule has 0 atom stereocenters. The monoisotopic (exact) mass is 579 g/mol. The molecule has 3 heterocycles. The maximum atomic E-state index is 5.16. The normalized spacial score (nSPS) is 11.6. The van der Waals surface area contributed by atoms with E-state index in [-0.39, 0.29) is 0 Å². The lowest BCUT2D eigenvalue weighted by atomic mass is 10.0. The molecule has 206 valence electrons. The van der Waals surface area contributed by atoms with Crippen LogP contribution in [0.5, 0.6) is 0 Å². The molecule has 9 aromatic rings. The first-order valence-corrected chi connectivity index (χ1v) is 15.6. The highest BCUT2D eigenvalue weighted by Crippen LogP contribution is 2.41. The van der Waals surface area contributed by atoms with Crippen molar-refractivity contribution >= 4 is 53.4 Å². The Hall–Kier alpha value is -5.58. The van der Waals surface area contributed by atoms with Gasteiger partial charge in [0.05, 0.1) is 26.9 Å². The molecule has 0 N–H and O–H groups in total. The van der Waals surface area contributed by atoms with Crippen molar-refractivity contribution in [3.8, 4) is 39.5 Å². The zero-order chi connectivity index (χ0) is 29.0. The molecule has 3 aromatic heterocycles. The van der Waals surface area contributed by atoms with E-state index in [9.17, 15) is 0 Å². The molecule has 0 saturated carbocycles. The number of hydrogen-bond donors (Lipinski definition) is 0. The quantitative estimate of drug-likeness (QED) is 0.208. The van der Waals surface area contributed by atoms with E-state index in [1.165, 1.54) is 37.6 Å². The molecular formula is C40H25N3S. The molecule has 4 heteroatoms. The lowest BCUT2D eigenvalue weighted by molar-refractivity contribution is 1.18. The van der Waals surface area contributed by atoms with Crippen molar-refractivity contribution in [3.05, 3.63) is 152 Å². The Morgan fingerprint density at radius 1 is 0.455 bits per heavy atom. The number of fused-ring (bicyclic) bond motifs is 6. The van der Waals surface area contributed by atoms with Crippen LogP contribution >= 0.6 is 11.3 Å².